The summed E-state index contributed by atoms with van der Waals surface area (Å²) in [6.45, 7) is 1.86. The molecule has 8 heteroatoms. The first-order chi connectivity index (χ1) is 16.1. The first-order valence-corrected chi connectivity index (χ1v) is 9.94. The Morgan fingerprint density at radius 2 is 1.03 bits per heavy atom. The Balaban J connectivity index is 1.61. The lowest BCUT2D eigenvalue weighted by atomic mass is 9.97. The number of ether oxygens (including phenoxy) is 1. The van der Waals surface area contributed by atoms with Crippen LogP contribution in [0.1, 0.15) is 11.1 Å². The van der Waals surface area contributed by atoms with Crippen LogP contribution in [0.3, 0.4) is 0 Å². The van der Waals surface area contributed by atoms with E-state index in [4.69, 9.17) is 0 Å². The van der Waals surface area contributed by atoms with Crippen molar-refractivity contribution in [3.8, 4) is 28.0 Å². The van der Waals surface area contributed by atoms with E-state index in [0.717, 1.165) is 29.8 Å². The fraction of sp³-hybridized carbons (Fsp3) is 0.0769. The molecular formula is C26H15F7O. The van der Waals surface area contributed by atoms with Crippen LogP contribution in [0.5, 0.6) is 5.75 Å². The number of benzene rings is 4. The minimum Gasteiger partial charge on any atom is -0.429 e. The van der Waals surface area contributed by atoms with E-state index in [-0.39, 0.29) is 28.8 Å². The predicted molar refractivity (Wildman–Crippen MR) is 113 cm³/mol. The standard InChI is InChI=1S/C26H15F7O/c1-14-2-4-15(5-3-14)19-10-11-20(24(30)23(19)29)16-6-8-17(9-7-16)26(32,33)34-18-12-21(27)25(31)22(28)13-18/h2-13H,1H3. The van der Waals surface area contributed by atoms with Gasteiger partial charge in [-0.25, -0.2) is 22.0 Å². The van der Waals surface area contributed by atoms with E-state index in [1.807, 2.05) is 6.92 Å². The van der Waals surface area contributed by atoms with Crippen molar-refractivity contribution in [2.24, 2.45) is 0 Å². The zero-order chi connectivity index (χ0) is 24.6. The van der Waals surface area contributed by atoms with E-state index in [1.165, 1.54) is 12.1 Å². The average molecular weight is 476 g/mol. The molecule has 4 aromatic rings. The van der Waals surface area contributed by atoms with E-state index in [0.29, 0.717) is 5.56 Å². The quantitative estimate of drug-likeness (QED) is 0.209. The normalized spacial score (nSPS) is 11.5. The summed E-state index contributed by atoms with van der Waals surface area (Å²) in [6, 6.07) is 14.2. The maximum absolute atomic E-state index is 14.8. The molecule has 0 aliphatic rings. The molecule has 1 nitrogen and oxygen atoms in total. The van der Waals surface area contributed by atoms with Gasteiger partial charge >= 0.3 is 6.11 Å². The third-order valence-electron chi connectivity index (χ3n) is 5.18. The molecule has 0 fully saturated rings. The van der Waals surface area contributed by atoms with Crippen LogP contribution in [0.2, 0.25) is 0 Å². The van der Waals surface area contributed by atoms with Crippen molar-refractivity contribution in [1.82, 2.24) is 0 Å². The second-order valence-corrected chi connectivity index (χ2v) is 7.55. The van der Waals surface area contributed by atoms with Crippen molar-refractivity contribution in [2.45, 2.75) is 13.0 Å². The third kappa shape index (κ3) is 4.48. The Morgan fingerprint density at radius 1 is 0.588 bits per heavy atom. The first kappa shape index (κ1) is 23.4. The topological polar surface area (TPSA) is 9.23 Å². The van der Waals surface area contributed by atoms with E-state index in [2.05, 4.69) is 4.74 Å². The van der Waals surface area contributed by atoms with Crippen LogP contribution in [-0.4, -0.2) is 0 Å². The van der Waals surface area contributed by atoms with Gasteiger partial charge in [0.25, 0.3) is 0 Å². The molecule has 0 aliphatic heterocycles. The molecule has 4 aromatic carbocycles. The van der Waals surface area contributed by atoms with Crippen molar-refractivity contribution in [3.63, 3.8) is 0 Å². The molecule has 0 atom stereocenters. The maximum Gasteiger partial charge on any atom is 0.426 e. The Morgan fingerprint density at radius 3 is 1.50 bits per heavy atom. The lowest BCUT2D eigenvalue weighted by Crippen LogP contribution is -2.22. The van der Waals surface area contributed by atoms with Gasteiger partial charge < -0.3 is 4.74 Å². The Hall–Kier alpha value is -3.81. The van der Waals surface area contributed by atoms with Gasteiger partial charge in [-0.05, 0) is 30.2 Å². The van der Waals surface area contributed by atoms with Crippen molar-refractivity contribution < 1.29 is 35.5 Å². The van der Waals surface area contributed by atoms with Gasteiger partial charge in [0.1, 0.15) is 5.75 Å². The van der Waals surface area contributed by atoms with Gasteiger partial charge in [-0.15, -0.1) is 0 Å². The highest BCUT2D eigenvalue weighted by Gasteiger charge is 2.35. The van der Waals surface area contributed by atoms with Crippen LogP contribution in [0.4, 0.5) is 30.7 Å². The molecule has 34 heavy (non-hydrogen) atoms. The number of halogens is 7. The van der Waals surface area contributed by atoms with Gasteiger partial charge in [-0.2, -0.15) is 8.78 Å². The minimum absolute atomic E-state index is 0.0524. The maximum atomic E-state index is 14.8. The molecule has 0 amide bonds. The molecule has 0 saturated carbocycles. The monoisotopic (exact) mass is 476 g/mol. The Labute approximate surface area is 190 Å². The summed E-state index contributed by atoms with van der Waals surface area (Å²) >= 11 is 0. The van der Waals surface area contributed by atoms with E-state index >= 15 is 0 Å². The molecule has 174 valence electrons. The Bertz CT molecular complexity index is 1320. The summed E-state index contributed by atoms with van der Waals surface area (Å²) in [6.07, 6.45) is -4.05. The van der Waals surface area contributed by atoms with Gasteiger partial charge in [0, 0.05) is 23.3 Å². The van der Waals surface area contributed by atoms with Crippen LogP contribution in [0.25, 0.3) is 22.3 Å². The first-order valence-electron chi connectivity index (χ1n) is 9.94. The van der Waals surface area contributed by atoms with Gasteiger partial charge in [-0.3, -0.25) is 0 Å². The number of alkyl halides is 2. The summed E-state index contributed by atoms with van der Waals surface area (Å²) in [5, 5.41) is 0. The van der Waals surface area contributed by atoms with Crippen molar-refractivity contribution >= 4 is 0 Å². The summed E-state index contributed by atoms with van der Waals surface area (Å²) in [5.41, 5.74) is 0.735. The van der Waals surface area contributed by atoms with Crippen LogP contribution in [0.15, 0.2) is 72.8 Å². The van der Waals surface area contributed by atoms with Crippen molar-refractivity contribution in [1.29, 1.82) is 0 Å². The fourth-order valence-corrected chi connectivity index (χ4v) is 3.37. The van der Waals surface area contributed by atoms with Crippen molar-refractivity contribution in [3.05, 3.63) is 113 Å². The van der Waals surface area contributed by atoms with Gasteiger partial charge in [0.15, 0.2) is 29.1 Å². The lowest BCUT2D eigenvalue weighted by molar-refractivity contribution is -0.185. The van der Waals surface area contributed by atoms with Crippen LogP contribution in [-0.2, 0) is 6.11 Å². The number of hydrogen-bond acceptors (Lipinski definition) is 1. The fourth-order valence-electron chi connectivity index (χ4n) is 3.37. The summed E-state index contributed by atoms with van der Waals surface area (Å²) in [4.78, 5) is 0. The van der Waals surface area contributed by atoms with Gasteiger partial charge in [0.05, 0.1) is 5.56 Å². The van der Waals surface area contributed by atoms with Crippen LogP contribution >= 0.6 is 0 Å². The third-order valence-corrected chi connectivity index (χ3v) is 5.18. The minimum atomic E-state index is -4.05. The van der Waals surface area contributed by atoms with E-state index in [1.54, 1.807) is 24.3 Å². The Kier molecular flexibility index (Phi) is 6.08. The zero-order valence-electron chi connectivity index (χ0n) is 17.5. The largest absolute Gasteiger partial charge is 0.429 e. The smallest absolute Gasteiger partial charge is 0.426 e. The van der Waals surface area contributed by atoms with E-state index in [9.17, 15) is 30.7 Å². The number of hydrogen-bond donors (Lipinski definition) is 0. The molecular weight excluding hydrogens is 461 g/mol. The molecule has 0 saturated heterocycles. The van der Waals surface area contributed by atoms with Crippen LogP contribution in [0, 0.1) is 36.0 Å². The highest BCUT2D eigenvalue weighted by molar-refractivity contribution is 5.72. The molecule has 0 unspecified atom stereocenters. The highest BCUT2D eigenvalue weighted by Crippen LogP contribution is 2.36. The molecule has 0 bridgehead atoms. The highest BCUT2D eigenvalue weighted by atomic mass is 19.3. The second-order valence-electron chi connectivity index (χ2n) is 7.55. The van der Waals surface area contributed by atoms with E-state index < -0.39 is 46.5 Å². The van der Waals surface area contributed by atoms with Crippen LogP contribution < -0.4 is 4.74 Å². The SMILES string of the molecule is Cc1ccc(-c2ccc(-c3ccc(C(F)(F)Oc4cc(F)c(F)c(F)c4)cc3)c(F)c2F)cc1. The molecule has 0 heterocycles. The average Bonchev–Trinajstić information content (AvgIpc) is 2.80. The molecule has 0 aliphatic carbocycles. The summed E-state index contributed by atoms with van der Waals surface area (Å²) in [5.74, 6) is -8.35. The molecule has 0 N–H and O–H groups in total. The second kappa shape index (κ2) is 8.85. The summed E-state index contributed by atoms with van der Waals surface area (Å²) < 4.78 is 102. The summed E-state index contributed by atoms with van der Waals surface area (Å²) in [7, 11) is 0. The number of aryl methyl sites for hydroxylation is 1. The molecule has 0 radical (unpaired) electrons. The molecule has 0 spiro atoms. The zero-order valence-corrected chi connectivity index (χ0v) is 17.5. The van der Waals surface area contributed by atoms with Gasteiger partial charge in [0.2, 0.25) is 0 Å². The van der Waals surface area contributed by atoms with Crippen molar-refractivity contribution in [2.75, 3.05) is 0 Å². The molecule has 4 rings (SSSR count). The molecule has 0 aromatic heterocycles. The lowest BCUT2D eigenvalue weighted by Gasteiger charge is -2.19. The predicted octanol–water partition coefficient (Wildman–Crippen LogP) is 8.15. The number of rotatable bonds is 5. The van der Waals surface area contributed by atoms with Gasteiger partial charge in [-0.1, -0.05) is 54.1 Å².